The van der Waals surface area contributed by atoms with E-state index in [1.54, 1.807) is 0 Å². The molecule has 1 aliphatic rings. The summed E-state index contributed by atoms with van der Waals surface area (Å²) in [7, 11) is 0. The lowest BCUT2D eigenvalue weighted by Crippen LogP contribution is -2.51. The van der Waals surface area contributed by atoms with Gasteiger partial charge >= 0.3 is 5.97 Å². The average molecular weight is 244 g/mol. The van der Waals surface area contributed by atoms with Crippen LogP contribution in [0.4, 0.5) is 0 Å². The Labute approximate surface area is 106 Å². The number of likely N-dealkylation sites (N-methyl/N-ethyl adjacent to an activating group) is 1. The van der Waals surface area contributed by atoms with Crippen LogP contribution < -0.4 is 0 Å². The summed E-state index contributed by atoms with van der Waals surface area (Å²) in [5.74, 6) is -0.0950. The number of nitrogens with zero attached hydrogens (tertiary/aromatic N) is 2. The molecule has 17 heavy (non-hydrogen) atoms. The molecule has 0 aliphatic carbocycles. The Balaban J connectivity index is 0.00000121. The molecule has 102 valence electrons. The Morgan fingerprint density at radius 3 is 2.12 bits per heavy atom. The summed E-state index contributed by atoms with van der Waals surface area (Å²) in [6.45, 7) is 15.6. The molecule has 1 unspecified atom stereocenters. The molecule has 1 saturated heterocycles. The third-order valence-electron chi connectivity index (χ3n) is 3.03. The van der Waals surface area contributed by atoms with Crippen molar-refractivity contribution in [3.63, 3.8) is 0 Å². The summed E-state index contributed by atoms with van der Waals surface area (Å²) < 4.78 is 5.02. The summed E-state index contributed by atoms with van der Waals surface area (Å²) in [5, 5.41) is 0. The van der Waals surface area contributed by atoms with Crippen molar-refractivity contribution in [3.8, 4) is 0 Å². The Bertz CT molecular complexity index is 202. The van der Waals surface area contributed by atoms with Crippen LogP contribution in [0.2, 0.25) is 0 Å². The number of rotatable bonds is 4. The van der Waals surface area contributed by atoms with Gasteiger partial charge in [-0.3, -0.25) is 9.69 Å². The van der Waals surface area contributed by atoms with Crippen molar-refractivity contribution in [3.05, 3.63) is 0 Å². The van der Waals surface area contributed by atoms with Gasteiger partial charge in [0.05, 0.1) is 6.61 Å². The van der Waals surface area contributed by atoms with Crippen molar-refractivity contribution in [2.24, 2.45) is 0 Å². The lowest BCUT2D eigenvalue weighted by atomic mass is 10.2. The molecule has 0 spiro atoms. The van der Waals surface area contributed by atoms with Crippen molar-refractivity contribution in [1.29, 1.82) is 0 Å². The molecule has 4 heteroatoms. The fourth-order valence-corrected chi connectivity index (χ4v) is 1.88. The Hall–Kier alpha value is -0.610. The number of hydrogen-bond donors (Lipinski definition) is 0. The molecule has 4 nitrogen and oxygen atoms in total. The molecule has 0 amide bonds. The van der Waals surface area contributed by atoms with Crippen LogP contribution in [-0.4, -0.2) is 61.1 Å². The van der Waals surface area contributed by atoms with E-state index < -0.39 is 0 Å². The first-order valence-corrected chi connectivity index (χ1v) is 6.82. The van der Waals surface area contributed by atoms with Gasteiger partial charge in [0.15, 0.2) is 0 Å². The van der Waals surface area contributed by atoms with E-state index in [1.165, 1.54) is 0 Å². The van der Waals surface area contributed by atoms with Crippen LogP contribution in [0.25, 0.3) is 0 Å². The molecule has 1 heterocycles. The zero-order chi connectivity index (χ0) is 13.3. The van der Waals surface area contributed by atoms with E-state index in [0.717, 1.165) is 32.7 Å². The number of esters is 1. The largest absolute Gasteiger partial charge is 0.465 e. The van der Waals surface area contributed by atoms with Gasteiger partial charge in [0.25, 0.3) is 0 Å². The minimum Gasteiger partial charge on any atom is -0.465 e. The van der Waals surface area contributed by atoms with Crippen LogP contribution >= 0.6 is 0 Å². The first-order chi connectivity index (χ1) is 8.19. The van der Waals surface area contributed by atoms with E-state index in [0.29, 0.717) is 6.61 Å². The molecular formula is C13H28N2O2. The minimum absolute atomic E-state index is 0.0936. The predicted molar refractivity (Wildman–Crippen MR) is 71.1 cm³/mol. The van der Waals surface area contributed by atoms with E-state index in [-0.39, 0.29) is 12.0 Å². The molecule has 0 N–H and O–H groups in total. The maximum absolute atomic E-state index is 11.5. The monoisotopic (exact) mass is 244 g/mol. The summed E-state index contributed by atoms with van der Waals surface area (Å²) in [5.41, 5.74) is 0. The Morgan fingerprint density at radius 2 is 1.71 bits per heavy atom. The molecule has 0 saturated carbocycles. The second kappa shape index (κ2) is 9.42. The molecule has 1 fully saturated rings. The smallest absolute Gasteiger partial charge is 0.323 e. The molecular weight excluding hydrogens is 216 g/mol. The molecule has 0 bridgehead atoms. The molecule has 1 atom stereocenters. The Kier molecular flexibility index (Phi) is 9.09. The lowest BCUT2D eigenvalue weighted by molar-refractivity contribution is -0.149. The topological polar surface area (TPSA) is 32.8 Å². The number of ether oxygens (including phenoxy) is 1. The van der Waals surface area contributed by atoms with Gasteiger partial charge in [-0.1, -0.05) is 20.8 Å². The van der Waals surface area contributed by atoms with Crippen molar-refractivity contribution < 1.29 is 9.53 Å². The van der Waals surface area contributed by atoms with Gasteiger partial charge in [-0.15, -0.1) is 0 Å². The fraction of sp³-hybridized carbons (Fsp3) is 0.923. The van der Waals surface area contributed by atoms with Gasteiger partial charge in [-0.2, -0.15) is 0 Å². The van der Waals surface area contributed by atoms with Crippen molar-refractivity contribution in [2.45, 2.75) is 40.7 Å². The molecule has 1 aliphatic heterocycles. The summed E-state index contributed by atoms with van der Waals surface area (Å²) in [6, 6.07) is -0.0936. The van der Waals surface area contributed by atoms with Gasteiger partial charge < -0.3 is 9.64 Å². The average Bonchev–Trinajstić information content (AvgIpc) is 2.40. The fourth-order valence-electron chi connectivity index (χ4n) is 1.88. The van der Waals surface area contributed by atoms with Gasteiger partial charge in [-0.25, -0.2) is 0 Å². The maximum atomic E-state index is 11.5. The highest BCUT2D eigenvalue weighted by molar-refractivity contribution is 5.75. The molecule has 0 radical (unpaired) electrons. The number of carbonyl (C=O) groups is 1. The third kappa shape index (κ3) is 5.50. The van der Waals surface area contributed by atoms with E-state index >= 15 is 0 Å². The van der Waals surface area contributed by atoms with E-state index in [9.17, 15) is 4.79 Å². The predicted octanol–water partition coefficient (Wildman–Crippen LogP) is 1.60. The second-order valence-electron chi connectivity index (χ2n) is 3.90. The van der Waals surface area contributed by atoms with Crippen LogP contribution in [0, 0.1) is 0 Å². The van der Waals surface area contributed by atoms with Gasteiger partial charge in [0.2, 0.25) is 0 Å². The highest BCUT2D eigenvalue weighted by atomic mass is 16.5. The first-order valence-electron chi connectivity index (χ1n) is 6.82. The summed E-state index contributed by atoms with van der Waals surface area (Å²) in [6.07, 6.45) is 0. The number of piperazine rings is 1. The van der Waals surface area contributed by atoms with Gasteiger partial charge in [0, 0.05) is 26.2 Å². The summed E-state index contributed by atoms with van der Waals surface area (Å²) in [4.78, 5) is 16.1. The van der Waals surface area contributed by atoms with Gasteiger partial charge in [-0.05, 0) is 20.4 Å². The standard InChI is InChI=1S/C11H22N2O2.C2H6/c1-4-12-6-8-13(9-7-12)10(3)11(14)15-5-2;1-2/h10H,4-9H2,1-3H3;1-2H3. The number of carbonyl (C=O) groups excluding carboxylic acids is 1. The maximum Gasteiger partial charge on any atom is 0.323 e. The van der Waals surface area contributed by atoms with E-state index in [4.69, 9.17) is 4.74 Å². The quantitative estimate of drug-likeness (QED) is 0.703. The van der Waals surface area contributed by atoms with Crippen LogP contribution in [0.15, 0.2) is 0 Å². The Morgan fingerprint density at radius 1 is 1.18 bits per heavy atom. The SMILES string of the molecule is CC.CCOC(=O)C(C)N1CCN(CC)CC1. The zero-order valence-electron chi connectivity index (χ0n) is 12.0. The molecule has 1 rings (SSSR count). The van der Waals surface area contributed by atoms with Gasteiger partial charge in [0.1, 0.15) is 6.04 Å². The van der Waals surface area contributed by atoms with Crippen molar-refractivity contribution in [1.82, 2.24) is 9.80 Å². The number of hydrogen-bond acceptors (Lipinski definition) is 4. The van der Waals surface area contributed by atoms with Crippen LogP contribution in [0.3, 0.4) is 0 Å². The van der Waals surface area contributed by atoms with Crippen LogP contribution in [0.5, 0.6) is 0 Å². The zero-order valence-corrected chi connectivity index (χ0v) is 12.0. The minimum atomic E-state index is -0.0950. The van der Waals surface area contributed by atoms with E-state index in [1.807, 2.05) is 27.7 Å². The molecule has 0 aromatic heterocycles. The second-order valence-corrected chi connectivity index (χ2v) is 3.90. The molecule has 0 aromatic rings. The van der Waals surface area contributed by atoms with E-state index in [2.05, 4.69) is 16.7 Å². The van der Waals surface area contributed by atoms with Crippen molar-refractivity contribution in [2.75, 3.05) is 39.3 Å². The van der Waals surface area contributed by atoms with Crippen LogP contribution in [0.1, 0.15) is 34.6 Å². The normalized spacial score (nSPS) is 19.1. The van der Waals surface area contributed by atoms with Crippen molar-refractivity contribution >= 4 is 5.97 Å². The highest BCUT2D eigenvalue weighted by Gasteiger charge is 2.25. The molecule has 0 aromatic carbocycles. The van der Waals surface area contributed by atoms with Crippen LogP contribution in [-0.2, 0) is 9.53 Å². The third-order valence-corrected chi connectivity index (χ3v) is 3.03. The highest BCUT2D eigenvalue weighted by Crippen LogP contribution is 2.07. The summed E-state index contributed by atoms with van der Waals surface area (Å²) >= 11 is 0. The lowest BCUT2D eigenvalue weighted by Gasteiger charge is -2.36. The first kappa shape index (κ1) is 16.4.